The molecule has 0 radical (unpaired) electrons. The zero-order chi connectivity index (χ0) is 10.8. The Labute approximate surface area is 98.1 Å². The molecule has 0 aliphatic carbocycles. The average Bonchev–Trinajstić information content (AvgIpc) is 2.02. The van der Waals surface area contributed by atoms with Gasteiger partial charge in [-0.05, 0) is 17.7 Å². The lowest BCUT2D eigenvalue weighted by atomic mass is 10.1. The molecule has 0 heterocycles. The van der Waals surface area contributed by atoms with Crippen LogP contribution in [-0.4, -0.2) is 0 Å². The van der Waals surface area contributed by atoms with Crippen molar-refractivity contribution in [3.8, 4) is 0 Å². The van der Waals surface area contributed by atoms with Crippen LogP contribution in [0.4, 0.5) is 13.2 Å². The van der Waals surface area contributed by atoms with Gasteiger partial charge >= 0.3 is 6.18 Å². The van der Waals surface area contributed by atoms with E-state index in [1.54, 1.807) is 0 Å². The van der Waals surface area contributed by atoms with Crippen LogP contribution < -0.4 is 3.53 Å². The number of benzene rings is 1. The number of halogens is 5. The largest absolute Gasteiger partial charge is 0.417 e. The normalized spacial score (nSPS) is 11.8. The van der Waals surface area contributed by atoms with Gasteiger partial charge in [0, 0.05) is 29.4 Å². The number of rotatable bonds is 2. The van der Waals surface area contributed by atoms with Gasteiger partial charge in [-0.3, -0.25) is 3.53 Å². The van der Waals surface area contributed by atoms with Crippen molar-refractivity contribution in [3.05, 3.63) is 34.3 Å². The van der Waals surface area contributed by atoms with Crippen molar-refractivity contribution in [2.45, 2.75) is 12.7 Å². The molecule has 1 aromatic rings. The van der Waals surface area contributed by atoms with E-state index < -0.39 is 11.7 Å². The first-order chi connectivity index (χ1) is 6.45. The van der Waals surface area contributed by atoms with E-state index >= 15 is 0 Å². The second-order valence-corrected chi connectivity index (χ2v) is 3.79. The summed E-state index contributed by atoms with van der Waals surface area (Å²) in [6, 6.07) is 3.71. The van der Waals surface area contributed by atoms with Gasteiger partial charge in [-0.25, -0.2) is 0 Å². The number of hydrogen-bond donors (Lipinski definition) is 1. The van der Waals surface area contributed by atoms with Gasteiger partial charge in [0.1, 0.15) is 0 Å². The van der Waals surface area contributed by atoms with E-state index in [2.05, 4.69) is 3.53 Å². The van der Waals surface area contributed by atoms with Gasteiger partial charge in [-0.2, -0.15) is 13.2 Å². The maximum atomic E-state index is 12.3. The molecule has 1 N–H and O–H groups in total. The Morgan fingerprint density at radius 3 is 2.43 bits per heavy atom. The van der Waals surface area contributed by atoms with Crippen molar-refractivity contribution in [2.75, 3.05) is 0 Å². The molecular weight excluding hydrogens is 329 g/mol. The van der Waals surface area contributed by atoms with Gasteiger partial charge in [0.15, 0.2) is 0 Å². The summed E-state index contributed by atoms with van der Waals surface area (Å²) in [4.78, 5) is 0. The monoisotopic (exact) mass is 335 g/mol. The lowest BCUT2D eigenvalue weighted by molar-refractivity contribution is -0.137. The zero-order valence-corrected chi connectivity index (χ0v) is 9.74. The van der Waals surface area contributed by atoms with Gasteiger partial charge in [0.2, 0.25) is 0 Å². The molecule has 78 valence electrons. The highest BCUT2D eigenvalue weighted by Crippen LogP contribution is 2.34. The van der Waals surface area contributed by atoms with Crippen molar-refractivity contribution < 1.29 is 13.2 Å². The van der Waals surface area contributed by atoms with E-state index in [1.807, 2.05) is 22.9 Å². The predicted octanol–water partition coefficient (Wildman–Crippen LogP) is 3.80. The third kappa shape index (κ3) is 2.99. The van der Waals surface area contributed by atoms with Crippen LogP contribution in [0, 0.1) is 0 Å². The Hall–Kier alpha value is -0.0100. The highest BCUT2D eigenvalue weighted by Gasteiger charge is 2.32. The minimum Gasteiger partial charge on any atom is -0.257 e. The van der Waals surface area contributed by atoms with Crippen molar-refractivity contribution in [1.82, 2.24) is 3.53 Å². The Morgan fingerprint density at radius 1 is 1.36 bits per heavy atom. The van der Waals surface area contributed by atoms with Gasteiger partial charge in [-0.15, -0.1) is 0 Å². The van der Waals surface area contributed by atoms with E-state index in [0.29, 0.717) is 6.54 Å². The van der Waals surface area contributed by atoms with Crippen molar-refractivity contribution in [3.63, 3.8) is 0 Å². The molecule has 1 nitrogen and oxygen atoms in total. The maximum Gasteiger partial charge on any atom is 0.417 e. The highest BCUT2D eigenvalue weighted by atomic mass is 127. The quantitative estimate of drug-likeness (QED) is 0.640. The van der Waals surface area contributed by atoms with Crippen LogP contribution in [-0.2, 0) is 12.7 Å². The first kappa shape index (κ1) is 12.1. The molecule has 0 atom stereocenters. The van der Waals surface area contributed by atoms with E-state index in [4.69, 9.17) is 11.6 Å². The van der Waals surface area contributed by atoms with E-state index in [-0.39, 0.29) is 5.02 Å². The zero-order valence-electron chi connectivity index (χ0n) is 6.83. The first-order valence-electron chi connectivity index (χ1n) is 3.64. The van der Waals surface area contributed by atoms with Crippen LogP contribution in [0.15, 0.2) is 18.2 Å². The lowest BCUT2D eigenvalue weighted by Gasteiger charge is -2.09. The molecule has 0 saturated heterocycles. The summed E-state index contributed by atoms with van der Waals surface area (Å²) >= 11 is 7.41. The summed E-state index contributed by atoms with van der Waals surface area (Å²) in [5.74, 6) is 0. The summed E-state index contributed by atoms with van der Waals surface area (Å²) in [7, 11) is 0. The van der Waals surface area contributed by atoms with Crippen LogP contribution >= 0.6 is 34.5 Å². The molecule has 0 spiro atoms. The Balaban J connectivity index is 3.02. The number of nitrogens with one attached hydrogen (secondary N) is 1. The highest BCUT2D eigenvalue weighted by molar-refractivity contribution is 14.1. The lowest BCUT2D eigenvalue weighted by Crippen LogP contribution is -2.07. The van der Waals surface area contributed by atoms with E-state index in [0.717, 1.165) is 11.6 Å². The molecule has 0 aromatic heterocycles. The molecule has 1 rings (SSSR count). The molecule has 0 aliphatic heterocycles. The van der Waals surface area contributed by atoms with Gasteiger partial charge < -0.3 is 0 Å². The molecule has 0 saturated carbocycles. The fraction of sp³-hybridized carbons (Fsp3) is 0.250. The Bertz CT molecular complexity index is 327. The summed E-state index contributed by atoms with van der Waals surface area (Å²) in [5, 5.41) is -0.262. The van der Waals surface area contributed by atoms with Crippen molar-refractivity contribution in [1.29, 1.82) is 0 Å². The summed E-state index contributed by atoms with van der Waals surface area (Å²) in [5.41, 5.74) is -0.0752. The molecule has 0 unspecified atom stereocenters. The third-order valence-corrected chi connectivity index (χ3v) is 2.30. The van der Waals surface area contributed by atoms with Crippen LogP contribution in [0.5, 0.6) is 0 Å². The molecule has 0 fully saturated rings. The second-order valence-electron chi connectivity index (χ2n) is 2.62. The molecule has 6 heteroatoms. The molecule has 14 heavy (non-hydrogen) atoms. The Kier molecular flexibility index (Phi) is 4.03. The Morgan fingerprint density at radius 2 is 2.00 bits per heavy atom. The van der Waals surface area contributed by atoms with E-state index in [1.165, 1.54) is 12.1 Å². The first-order valence-corrected chi connectivity index (χ1v) is 5.10. The molecular formula is C8H6ClF3IN. The topological polar surface area (TPSA) is 12.0 Å². The van der Waals surface area contributed by atoms with Crippen molar-refractivity contribution in [2.24, 2.45) is 0 Å². The van der Waals surface area contributed by atoms with Crippen LogP contribution in [0.3, 0.4) is 0 Å². The molecule has 0 amide bonds. The van der Waals surface area contributed by atoms with Crippen LogP contribution in [0.25, 0.3) is 0 Å². The molecule has 1 aromatic carbocycles. The standard InChI is InChI=1S/C8H6ClF3IN/c9-7-3-5(4-14-13)1-2-6(7)8(10,11)12/h1-3,14H,4H2. The van der Waals surface area contributed by atoms with Gasteiger partial charge in [0.05, 0.1) is 10.6 Å². The summed E-state index contributed by atoms with van der Waals surface area (Å²) in [6.45, 7) is 0.485. The smallest absolute Gasteiger partial charge is 0.257 e. The summed E-state index contributed by atoms with van der Waals surface area (Å²) < 4.78 is 39.6. The van der Waals surface area contributed by atoms with Crippen LogP contribution in [0.1, 0.15) is 11.1 Å². The fourth-order valence-corrected chi connectivity index (χ4v) is 1.73. The predicted molar refractivity (Wildman–Crippen MR) is 57.3 cm³/mol. The number of alkyl halides is 3. The van der Waals surface area contributed by atoms with Crippen molar-refractivity contribution >= 4 is 34.5 Å². The molecule has 0 bridgehead atoms. The minimum atomic E-state index is -4.38. The van der Waals surface area contributed by atoms with Crippen LogP contribution in [0.2, 0.25) is 5.02 Å². The molecule has 0 aliphatic rings. The van der Waals surface area contributed by atoms with Gasteiger partial charge in [-0.1, -0.05) is 17.7 Å². The third-order valence-electron chi connectivity index (χ3n) is 1.61. The minimum absolute atomic E-state index is 0.262. The summed E-state index contributed by atoms with van der Waals surface area (Å²) in [6.07, 6.45) is -4.38. The number of hydrogen-bond acceptors (Lipinski definition) is 1. The SMILES string of the molecule is FC(F)(F)c1ccc(CNI)cc1Cl. The van der Waals surface area contributed by atoms with Gasteiger partial charge in [0.25, 0.3) is 0 Å². The van der Waals surface area contributed by atoms with E-state index in [9.17, 15) is 13.2 Å². The second kappa shape index (κ2) is 4.67. The fourth-order valence-electron chi connectivity index (χ4n) is 0.976. The maximum absolute atomic E-state index is 12.3. The average molecular weight is 335 g/mol.